The molecule has 0 bridgehead atoms. The Labute approximate surface area is 130 Å². The van der Waals surface area contributed by atoms with E-state index in [0.29, 0.717) is 16.2 Å². The normalized spacial score (nSPS) is 13.3. The van der Waals surface area contributed by atoms with Crippen LogP contribution in [-0.4, -0.2) is 8.42 Å². The highest BCUT2D eigenvalue weighted by molar-refractivity contribution is 7.89. The number of aryl methyl sites for hydroxylation is 1. The maximum Gasteiger partial charge on any atom is 0.242 e. The lowest BCUT2D eigenvalue weighted by atomic mass is 10.1. The van der Waals surface area contributed by atoms with Crippen molar-refractivity contribution in [2.24, 2.45) is 5.73 Å². The molecule has 0 fully saturated rings. The number of thiophene rings is 1. The predicted octanol–water partition coefficient (Wildman–Crippen LogP) is 2.94. The lowest BCUT2D eigenvalue weighted by Gasteiger charge is -2.18. The molecule has 4 nitrogen and oxygen atoms in total. The van der Waals surface area contributed by atoms with Gasteiger partial charge in [-0.1, -0.05) is 37.3 Å². The van der Waals surface area contributed by atoms with Crippen LogP contribution >= 0.6 is 11.3 Å². The highest BCUT2D eigenvalue weighted by Gasteiger charge is 2.25. The maximum atomic E-state index is 12.7. The minimum atomic E-state index is -3.57. The number of hydrogen-bond donors (Lipinski definition) is 2. The van der Waals surface area contributed by atoms with Gasteiger partial charge in [0.1, 0.15) is 4.90 Å². The van der Waals surface area contributed by atoms with Crippen LogP contribution < -0.4 is 10.5 Å². The number of nitrogens with one attached hydrogen (secondary N) is 1. The van der Waals surface area contributed by atoms with E-state index in [0.717, 1.165) is 11.1 Å². The number of benzene rings is 1. The Balaban J connectivity index is 2.34. The van der Waals surface area contributed by atoms with E-state index in [9.17, 15) is 8.42 Å². The van der Waals surface area contributed by atoms with Gasteiger partial charge in [0.25, 0.3) is 0 Å². The smallest absolute Gasteiger partial charge is 0.242 e. The Bertz CT molecular complexity index is 694. The van der Waals surface area contributed by atoms with Crippen LogP contribution in [0.1, 0.15) is 35.4 Å². The predicted molar refractivity (Wildman–Crippen MR) is 86.7 cm³/mol. The van der Waals surface area contributed by atoms with Gasteiger partial charge in [-0.05, 0) is 29.9 Å². The van der Waals surface area contributed by atoms with Crippen molar-refractivity contribution in [1.29, 1.82) is 0 Å². The minimum Gasteiger partial charge on any atom is -0.326 e. The van der Waals surface area contributed by atoms with Crippen LogP contribution in [0.2, 0.25) is 0 Å². The molecule has 1 aromatic heterocycles. The van der Waals surface area contributed by atoms with Gasteiger partial charge in [0.2, 0.25) is 10.0 Å². The molecule has 0 aliphatic carbocycles. The van der Waals surface area contributed by atoms with Gasteiger partial charge < -0.3 is 5.73 Å². The Hall–Kier alpha value is -1.21. The average Bonchev–Trinajstić information content (AvgIpc) is 2.87. The van der Waals surface area contributed by atoms with E-state index in [1.807, 2.05) is 42.6 Å². The van der Waals surface area contributed by atoms with Crippen LogP contribution in [0.25, 0.3) is 0 Å². The largest absolute Gasteiger partial charge is 0.326 e. The van der Waals surface area contributed by atoms with Crippen molar-refractivity contribution in [2.45, 2.75) is 37.8 Å². The van der Waals surface area contributed by atoms with E-state index in [1.165, 1.54) is 11.3 Å². The third-order valence-electron chi connectivity index (χ3n) is 3.35. The summed E-state index contributed by atoms with van der Waals surface area (Å²) in [4.78, 5) is 1.03. The Kier molecular flexibility index (Phi) is 5.16. The average molecular weight is 324 g/mol. The number of sulfonamides is 1. The highest BCUT2D eigenvalue weighted by atomic mass is 32.2. The molecule has 1 unspecified atom stereocenters. The second-order valence-electron chi connectivity index (χ2n) is 4.87. The van der Waals surface area contributed by atoms with Crippen LogP contribution in [0, 0.1) is 6.92 Å². The Morgan fingerprint density at radius 3 is 2.52 bits per heavy atom. The summed E-state index contributed by atoms with van der Waals surface area (Å²) in [6.45, 7) is 4.00. The first-order valence-electron chi connectivity index (χ1n) is 6.84. The summed E-state index contributed by atoms with van der Waals surface area (Å²) in [5, 5.41) is 1.83. The summed E-state index contributed by atoms with van der Waals surface area (Å²) in [6, 6.07) is 9.37. The van der Waals surface area contributed by atoms with Crippen molar-refractivity contribution in [3.05, 3.63) is 51.7 Å². The highest BCUT2D eigenvalue weighted by Crippen LogP contribution is 2.28. The summed E-state index contributed by atoms with van der Waals surface area (Å²) < 4.78 is 28.2. The van der Waals surface area contributed by atoms with E-state index in [1.54, 1.807) is 6.92 Å². The number of hydrogen-bond acceptors (Lipinski definition) is 4. The molecular weight excluding hydrogens is 304 g/mol. The first-order chi connectivity index (χ1) is 9.99. The molecule has 0 saturated carbocycles. The second kappa shape index (κ2) is 6.70. The molecule has 0 spiro atoms. The summed E-state index contributed by atoms with van der Waals surface area (Å²) in [5.74, 6) is 0. The van der Waals surface area contributed by atoms with Crippen LogP contribution in [-0.2, 0) is 16.6 Å². The van der Waals surface area contributed by atoms with Crippen molar-refractivity contribution < 1.29 is 8.42 Å². The molecule has 1 atom stereocenters. The van der Waals surface area contributed by atoms with E-state index in [-0.39, 0.29) is 12.6 Å². The fourth-order valence-corrected chi connectivity index (χ4v) is 5.32. The standard InChI is InChI=1S/C15H20N2O2S2/c1-3-13(12-7-5-4-6-8-12)17-21(18,19)15-11(2)10-20-14(15)9-16/h4-8,10,13,17H,3,9,16H2,1-2H3. The molecule has 0 saturated heterocycles. The molecule has 2 rings (SSSR count). The molecule has 2 aromatic rings. The Morgan fingerprint density at radius 2 is 1.95 bits per heavy atom. The van der Waals surface area contributed by atoms with Crippen molar-refractivity contribution in [3.8, 4) is 0 Å². The van der Waals surface area contributed by atoms with Crippen molar-refractivity contribution >= 4 is 21.4 Å². The Morgan fingerprint density at radius 1 is 1.29 bits per heavy atom. The van der Waals surface area contributed by atoms with Gasteiger partial charge in [0.05, 0.1) is 0 Å². The molecule has 0 radical (unpaired) electrons. The summed E-state index contributed by atoms with van der Waals surface area (Å²) in [6.07, 6.45) is 0.685. The van der Waals surface area contributed by atoms with Gasteiger partial charge in [-0.2, -0.15) is 0 Å². The van der Waals surface area contributed by atoms with Gasteiger partial charge >= 0.3 is 0 Å². The summed E-state index contributed by atoms with van der Waals surface area (Å²) in [5.41, 5.74) is 7.36. The van der Waals surface area contributed by atoms with Gasteiger partial charge in [-0.25, -0.2) is 13.1 Å². The molecule has 1 aromatic carbocycles. The van der Waals surface area contributed by atoms with Crippen LogP contribution in [0.3, 0.4) is 0 Å². The molecule has 114 valence electrons. The van der Waals surface area contributed by atoms with Gasteiger partial charge in [-0.3, -0.25) is 0 Å². The van der Waals surface area contributed by atoms with Crippen molar-refractivity contribution in [2.75, 3.05) is 0 Å². The summed E-state index contributed by atoms with van der Waals surface area (Å²) in [7, 11) is -3.57. The second-order valence-corrected chi connectivity index (χ2v) is 7.48. The van der Waals surface area contributed by atoms with Crippen LogP contribution in [0.4, 0.5) is 0 Å². The molecule has 0 aliphatic heterocycles. The molecule has 6 heteroatoms. The lowest BCUT2D eigenvalue weighted by molar-refractivity contribution is 0.549. The summed E-state index contributed by atoms with van der Waals surface area (Å²) >= 11 is 1.39. The van der Waals surface area contributed by atoms with Gasteiger partial charge in [-0.15, -0.1) is 11.3 Å². The first kappa shape index (κ1) is 16.2. The van der Waals surface area contributed by atoms with E-state index < -0.39 is 10.0 Å². The topological polar surface area (TPSA) is 72.2 Å². The minimum absolute atomic E-state index is 0.233. The molecule has 0 aliphatic rings. The zero-order valence-electron chi connectivity index (χ0n) is 12.2. The van der Waals surface area contributed by atoms with Crippen molar-refractivity contribution in [1.82, 2.24) is 4.72 Å². The number of nitrogens with two attached hydrogens (primary N) is 1. The fourth-order valence-electron chi connectivity index (χ4n) is 2.31. The van der Waals surface area contributed by atoms with Gasteiger partial charge in [0.15, 0.2) is 0 Å². The zero-order valence-corrected chi connectivity index (χ0v) is 13.8. The number of rotatable bonds is 6. The molecule has 3 N–H and O–H groups in total. The van der Waals surface area contributed by atoms with E-state index in [2.05, 4.69) is 4.72 Å². The maximum absolute atomic E-state index is 12.7. The van der Waals surface area contributed by atoms with Gasteiger partial charge in [0, 0.05) is 17.5 Å². The monoisotopic (exact) mass is 324 g/mol. The third kappa shape index (κ3) is 3.52. The molecular formula is C15H20N2O2S2. The van der Waals surface area contributed by atoms with E-state index >= 15 is 0 Å². The molecule has 1 heterocycles. The lowest BCUT2D eigenvalue weighted by Crippen LogP contribution is -2.29. The zero-order chi connectivity index (χ0) is 15.5. The molecule has 0 amide bonds. The first-order valence-corrected chi connectivity index (χ1v) is 9.20. The van der Waals surface area contributed by atoms with Crippen LogP contribution in [0.15, 0.2) is 40.6 Å². The van der Waals surface area contributed by atoms with Crippen molar-refractivity contribution in [3.63, 3.8) is 0 Å². The van der Waals surface area contributed by atoms with E-state index in [4.69, 9.17) is 5.73 Å². The fraction of sp³-hybridized carbons (Fsp3) is 0.333. The third-order valence-corrected chi connectivity index (χ3v) is 6.31. The molecule has 21 heavy (non-hydrogen) atoms. The van der Waals surface area contributed by atoms with Crippen LogP contribution in [0.5, 0.6) is 0 Å². The SMILES string of the molecule is CCC(NS(=O)(=O)c1c(C)csc1CN)c1ccccc1. The quantitative estimate of drug-likeness (QED) is 0.858.